The van der Waals surface area contributed by atoms with E-state index in [4.69, 9.17) is 0 Å². The molecule has 6 rings (SSSR count). The normalized spacial score (nSPS) is 41.9. The van der Waals surface area contributed by atoms with E-state index in [0.717, 1.165) is 44.1 Å². The molecule has 202 valence electrons. The van der Waals surface area contributed by atoms with Crippen LogP contribution in [-0.2, 0) is 9.59 Å². The SMILES string of the molecule is CC(=O)N[C@@H]1CC[C@@H]2[C@@H](C1)C[C@H]1C(=O)C3(C)CC3[C@@H](C)[C@H]1[C@H]2/C=C/C1=CC=C(c2cccc(F)c2)C(C)C1. The second-order valence-electron chi connectivity index (χ2n) is 13.4. The number of hydrogen-bond donors (Lipinski definition) is 1. The highest BCUT2D eigenvalue weighted by molar-refractivity contribution is 5.91. The molecule has 1 aromatic rings. The van der Waals surface area contributed by atoms with Gasteiger partial charge in [-0.15, -0.1) is 0 Å². The maximum atomic E-state index is 13.8. The Morgan fingerprint density at radius 3 is 2.71 bits per heavy atom. The summed E-state index contributed by atoms with van der Waals surface area (Å²) in [5.74, 6) is 3.89. The zero-order valence-corrected chi connectivity index (χ0v) is 23.3. The van der Waals surface area contributed by atoms with Crippen molar-refractivity contribution >= 4 is 17.3 Å². The van der Waals surface area contributed by atoms with Gasteiger partial charge in [0.25, 0.3) is 0 Å². The van der Waals surface area contributed by atoms with E-state index in [2.05, 4.69) is 50.4 Å². The molecule has 0 saturated heterocycles. The fourth-order valence-electron chi connectivity index (χ4n) is 9.23. The Balaban J connectivity index is 1.28. The van der Waals surface area contributed by atoms with Crippen molar-refractivity contribution in [3.8, 4) is 0 Å². The molecule has 1 amide bonds. The lowest BCUT2D eigenvalue weighted by Crippen LogP contribution is -2.53. The minimum atomic E-state index is -0.192. The van der Waals surface area contributed by atoms with Crippen molar-refractivity contribution in [3.05, 3.63) is 65.5 Å². The number of carbonyl (C=O) groups excluding carboxylic acids is 2. The topological polar surface area (TPSA) is 46.2 Å². The Morgan fingerprint density at radius 1 is 1.16 bits per heavy atom. The third-order valence-corrected chi connectivity index (χ3v) is 11.1. The van der Waals surface area contributed by atoms with Crippen LogP contribution in [0, 0.1) is 58.6 Å². The third kappa shape index (κ3) is 4.42. The molecular formula is C34H42FNO2. The highest BCUT2D eigenvalue weighted by Gasteiger charge is 2.67. The lowest BCUT2D eigenvalue weighted by Gasteiger charge is -2.54. The van der Waals surface area contributed by atoms with Gasteiger partial charge in [-0.2, -0.15) is 0 Å². The molecule has 38 heavy (non-hydrogen) atoms. The standard InChI is InChI=1S/C34H42FNO2/c1-19-14-22(8-11-27(19)23-6-5-7-25(35)15-23)9-12-29-28-13-10-26(36-21(3)37)16-24(28)17-30-32(29)20(2)31-18-34(31,4)33(30)38/h5-9,11-12,15,19-20,24,26,28-32H,10,13-14,16-18H2,1-4H3,(H,36,37)/b12-9+/t19?,20-,24+,26-,28-,29+,30-,31?,32+,34?/m1/s1. The van der Waals surface area contributed by atoms with Crippen LogP contribution in [0.5, 0.6) is 0 Å². The fraction of sp³-hybridized carbons (Fsp3) is 0.588. The van der Waals surface area contributed by atoms with E-state index in [1.165, 1.54) is 17.2 Å². The minimum Gasteiger partial charge on any atom is -0.354 e. The van der Waals surface area contributed by atoms with E-state index in [1.807, 2.05) is 6.07 Å². The van der Waals surface area contributed by atoms with Crippen LogP contribution in [0.2, 0.25) is 0 Å². The van der Waals surface area contributed by atoms with Gasteiger partial charge in [0.2, 0.25) is 5.91 Å². The van der Waals surface area contributed by atoms with Gasteiger partial charge >= 0.3 is 0 Å². The summed E-state index contributed by atoms with van der Waals surface area (Å²) in [5.41, 5.74) is 3.38. The number of rotatable bonds is 4. The number of benzene rings is 1. The van der Waals surface area contributed by atoms with Gasteiger partial charge in [0.1, 0.15) is 11.6 Å². The van der Waals surface area contributed by atoms with Gasteiger partial charge in [-0.3, -0.25) is 9.59 Å². The van der Waals surface area contributed by atoms with Crippen LogP contribution >= 0.6 is 0 Å². The summed E-state index contributed by atoms with van der Waals surface area (Å²) in [5, 5.41) is 3.17. The van der Waals surface area contributed by atoms with Crippen LogP contribution in [0.4, 0.5) is 4.39 Å². The van der Waals surface area contributed by atoms with E-state index in [1.54, 1.807) is 19.1 Å². The highest BCUT2D eigenvalue weighted by Crippen LogP contribution is 2.68. The Morgan fingerprint density at radius 2 is 1.97 bits per heavy atom. The highest BCUT2D eigenvalue weighted by atomic mass is 19.1. The monoisotopic (exact) mass is 515 g/mol. The number of Topliss-reactive ketones (excluding diaryl/α,β-unsaturated/α-hetero) is 1. The Kier molecular flexibility index (Phi) is 6.52. The summed E-state index contributed by atoms with van der Waals surface area (Å²) < 4.78 is 13.8. The van der Waals surface area contributed by atoms with E-state index in [0.29, 0.717) is 47.2 Å². The van der Waals surface area contributed by atoms with Crippen LogP contribution < -0.4 is 5.32 Å². The molecule has 1 N–H and O–H groups in total. The molecule has 4 fully saturated rings. The number of fused-ring (bicyclic) bond motifs is 3. The van der Waals surface area contributed by atoms with Gasteiger partial charge in [-0.05, 0) is 109 Å². The predicted octanol–water partition coefficient (Wildman–Crippen LogP) is 7.15. The Hall–Kier alpha value is -2.49. The van der Waals surface area contributed by atoms with Crippen LogP contribution in [0.1, 0.15) is 71.8 Å². The molecule has 0 radical (unpaired) electrons. The summed E-state index contributed by atoms with van der Waals surface area (Å²) in [6, 6.07) is 7.14. The van der Waals surface area contributed by atoms with Crippen molar-refractivity contribution in [3.63, 3.8) is 0 Å². The summed E-state index contributed by atoms with van der Waals surface area (Å²) in [4.78, 5) is 25.5. The van der Waals surface area contributed by atoms with Crippen molar-refractivity contribution in [1.29, 1.82) is 0 Å². The zero-order chi connectivity index (χ0) is 26.8. The quantitative estimate of drug-likeness (QED) is 0.463. The van der Waals surface area contributed by atoms with Crippen molar-refractivity contribution < 1.29 is 14.0 Å². The molecule has 3 nitrogen and oxygen atoms in total. The molecule has 1 aromatic carbocycles. The average molecular weight is 516 g/mol. The van der Waals surface area contributed by atoms with Crippen LogP contribution in [-0.4, -0.2) is 17.7 Å². The van der Waals surface area contributed by atoms with Crippen LogP contribution in [0.25, 0.3) is 5.57 Å². The molecule has 0 spiro atoms. The average Bonchev–Trinajstić information content (AvgIpc) is 3.58. The molecule has 5 aliphatic carbocycles. The van der Waals surface area contributed by atoms with Gasteiger partial charge in [-0.1, -0.05) is 57.2 Å². The maximum Gasteiger partial charge on any atom is 0.217 e. The first-order chi connectivity index (χ1) is 18.2. The summed E-state index contributed by atoms with van der Waals surface area (Å²) in [7, 11) is 0. The van der Waals surface area contributed by atoms with Crippen LogP contribution in [0.3, 0.4) is 0 Å². The first kappa shape index (κ1) is 25.8. The number of amides is 1. The largest absolute Gasteiger partial charge is 0.354 e. The molecule has 0 aromatic heterocycles. The molecule has 10 atom stereocenters. The van der Waals surface area contributed by atoms with Crippen LogP contribution in [0.15, 0.2) is 54.1 Å². The van der Waals surface area contributed by atoms with Crippen molar-refractivity contribution in [2.75, 3.05) is 0 Å². The molecule has 0 heterocycles. The first-order valence-electron chi connectivity index (χ1n) is 14.8. The minimum absolute atomic E-state index is 0.0540. The Labute approximate surface area is 227 Å². The summed E-state index contributed by atoms with van der Waals surface area (Å²) in [6.45, 7) is 8.47. The van der Waals surface area contributed by atoms with Gasteiger partial charge in [0.15, 0.2) is 0 Å². The van der Waals surface area contributed by atoms with Crippen molar-refractivity contribution in [2.24, 2.45) is 52.8 Å². The van der Waals surface area contributed by atoms with E-state index in [9.17, 15) is 14.0 Å². The lowest BCUT2D eigenvalue weighted by molar-refractivity contribution is -0.142. The van der Waals surface area contributed by atoms with E-state index in [-0.39, 0.29) is 29.1 Å². The first-order valence-corrected chi connectivity index (χ1v) is 14.8. The van der Waals surface area contributed by atoms with Gasteiger partial charge in [0, 0.05) is 24.3 Å². The zero-order valence-electron chi connectivity index (χ0n) is 23.3. The number of carbonyl (C=O) groups is 2. The maximum absolute atomic E-state index is 13.8. The number of nitrogens with one attached hydrogen (secondary N) is 1. The van der Waals surface area contributed by atoms with E-state index >= 15 is 0 Å². The van der Waals surface area contributed by atoms with Gasteiger partial charge in [-0.25, -0.2) is 4.39 Å². The smallest absolute Gasteiger partial charge is 0.217 e. The molecule has 4 saturated carbocycles. The van der Waals surface area contributed by atoms with Gasteiger partial charge < -0.3 is 5.32 Å². The molecule has 3 unspecified atom stereocenters. The predicted molar refractivity (Wildman–Crippen MR) is 149 cm³/mol. The molecule has 4 heteroatoms. The van der Waals surface area contributed by atoms with Gasteiger partial charge in [0.05, 0.1) is 0 Å². The van der Waals surface area contributed by atoms with E-state index < -0.39 is 0 Å². The molecule has 5 aliphatic rings. The molecule has 0 aliphatic heterocycles. The summed E-state index contributed by atoms with van der Waals surface area (Å²) in [6.07, 6.45) is 15.3. The number of allylic oxidation sites excluding steroid dienone is 6. The second-order valence-corrected chi connectivity index (χ2v) is 13.4. The third-order valence-electron chi connectivity index (χ3n) is 11.1. The number of halogens is 1. The number of ketones is 1. The summed E-state index contributed by atoms with van der Waals surface area (Å²) >= 11 is 0. The second kappa shape index (κ2) is 9.61. The van der Waals surface area contributed by atoms with Crippen molar-refractivity contribution in [1.82, 2.24) is 5.32 Å². The Bertz CT molecular complexity index is 1230. The lowest BCUT2D eigenvalue weighted by atomic mass is 9.50. The fourth-order valence-corrected chi connectivity index (χ4v) is 9.23. The number of hydrogen-bond acceptors (Lipinski definition) is 2. The van der Waals surface area contributed by atoms with Crippen molar-refractivity contribution in [2.45, 2.75) is 72.3 Å². The molecular weight excluding hydrogens is 473 g/mol. The molecule has 0 bridgehead atoms.